The van der Waals surface area contributed by atoms with Gasteiger partial charge in [-0.2, -0.15) is 22.7 Å². The highest BCUT2D eigenvalue weighted by Crippen LogP contribution is 2.47. The van der Waals surface area contributed by atoms with E-state index in [1.54, 1.807) is 24.3 Å². The Balaban J connectivity index is 1.85. The number of ether oxygens (including phenoxy) is 2. The highest BCUT2D eigenvalue weighted by atomic mass is 19.3. The molecule has 0 saturated carbocycles. The Labute approximate surface area is 128 Å². The van der Waals surface area contributed by atoms with Crippen molar-refractivity contribution >= 4 is 11.9 Å². The summed E-state index contributed by atoms with van der Waals surface area (Å²) >= 11 is 0. The molecule has 0 aromatic heterocycles. The van der Waals surface area contributed by atoms with Gasteiger partial charge in [0.25, 0.3) is 0 Å². The van der Waals surface area contributed by atoms with Crippen LogP contribution in [0.25, 0.3) is 0 Å². The van der Waals surface area contributed by atoms with Gasteiger partial charge in [-0.05, 0) is 24.3 Å². The Hall–Kier alpha value is -2.77. The lowest BCUT2D eigenvalue weighted by Gasteiger charge is -2.32. The molecule has 0 atom stereocenters. The maximum Gasteiger partial charge on any atom is 0.507 e. The molecule has 0 radical (unpaired) electrons. The van der Waals surface area contributed by atoms with E-state index in [2.05, 4.69) is 20.0 Å². The van der Waals surface area contributed by atoms with Gasteiger partial charge in [-0.1, -0.05) is 24.3 Å². The van der Waals surface area contributed by atoms with E-state index in [1.807, 2.05) is 6.07 Å². The number of hydrogen-bond acceptors (Lipinski definition) is 4. The number of halogens is 4. The van der Waals surface area contributed by atoms with Crippen molar-refractivity contribution in [2.24, 2.45) is 5.10 Å². The molecule has 0 aliphatic carbocycles. The van der Waals surface area contributed by atoms with Crippen LogP contribution < -0.4 is 14.9 Å². The topological polar surface area (TPSA) is 42.8 Å². The third-order valence-electron chi connectivity index (χ3n) is 2.99. The van der Waals surface area contributed by atoms with Crippen molar-refractivity contribution in [3.63, 3.8) is 0 Å². The molecule has 1 heterocycles. The number of hydrazone groups is 1. The Kier molecular flexibility index (Phi) is 3.59. The summed E-state index contributed by atoms with van der Waals surface area (Å²) in [7, 11) is 0. The number of fused-ring (bicyclic) bond motifs is 1. The lowest BCUT2D eigenvalue weighted by Crippen LogP contribution is -2.52. The standard InChI is InChI=1S/C15H10F4N2O2/c16-14(17)15(18,19)23-13-10(5-4-8-12(13)22-14)9-20-21-11-6-2-1-3-7-11/h1-9,21H. The minimum Gasteiger partial charge on any atom is -0.421 e. The molecular weight excluding hydrogens is 316 g/mol. The normalized spacial score (nSPS) is 17.9. The molecule has 120 valence electrons. The first-order valence-electron chi connectivity index (χ1n) is 6.50. The molecule has 23 heavy (non-hydrogen) atoms. The molecule has 8 heteroatoms. The van der Waals surface area contributed by atoms with Crippen LogP contribution in [0, 0.1) is 0 Å². The first kappa shape index (κ1) is 15.1. The lowest BCUT2D eigenvalue weighted by molar-refractivity contribution is -0.391. The van der Waals surface area contributed by atoms with Crippen LogP contribution in [0.15, 0.2) is 53.6 Å². The fourth-order valence-electron chi connectivity index (χ4n) is 1.90. The van der Waals surface area contributed by atoms with E-state index in [0.717, 1.165) is 6.07 Å². The first-order chi connectivity index (χ1) is 10.9. The molecule has 0 spiro atoms. The van der Waals surface area contributed by atoms with E-state index in [0.29, 0.717) is 5.69 Å². The highest BCUT2D eigenvalue weighted by molar-refractivity contribution is 5.85. The summed E-state index contributed by atoms with van der Waals surface area (Å²) in [5.74, 6) is -0.980. The number of nitrogens with zero attached hydrogens (tertiary/aromatic N) is 1. The Morgan fingerprint density at radius 3 is 2.30 bits per heavy atom. The summed E-state index contributed by atoms with van der Waals surface area (Å²) in [6.45, 7) is 0. The fraction of sp³-hybridized carbons (Fsp3) is 0.133. The monoisotopic (exact) mass is 326 g/mol. The van der Waals surface area contributed by atoms with Crippen LogP contribution in [0.2, 0.25) is 0 Å². The van der Waals surface area contributed by atoms with Crippen LogP contribution in [0.1, 0.15) is 5.56 Å². The molecule has 4 nitrogen and oxygen atoms in total. The largest absolute Gasteiger partial charge is 0.507 e. The molecular formula is C15H10F4N2O2. The molecule has 2 aromatic carbocycles. The Bertz CT molecular complexity index is 736. The third-order valence-corrected chi connectivity index (χ3v) is 2.99. The van der Waals surface area contributed by atoms with Gasteiger partial charge in [0.1, 0.15) is 0 Å². The van der Waals surface area contributed by atoms with Crippen LogP contribution in [-0.2, 0) is 0 Å². The SMILES string of the molecule is FC1(F)Oc2cccc(C=NNc3ccccc3)c2OC1(F)F. The molecule has 1 aliphatic heterocycles. The maximum absolute atomic E-state index is 13.3. The van der Waals surface area contributed by atoms with E-state index in [9.17, 15) is 17.6 Å². The van der Waals surface area contributed by atoms with E-state index >= 15 is 0 Å². The first-order valence-corrected chi connectivity index (χ1v) is 6.50. The number of rotatable bonds is 3. The average Bonchev–Trinajstić information content (AvgIpc) is 2.50. The Morgan fingerprint density at radius 1 is 0.870 bits per heavy atom. The zero-order chi connectivity index (χ0) is 16.5. The summed E-state index contributed by atoms with van der Waals surface area (Å²) < 4.78 is 61.0. The number of anilines is 1. The van der Waals surface area contributed by atoms with Crippen molar-refractivity contribution in [1.82, 2.24) is 0 Å². The van der Waals surface area contributed by atoms with Crippen molar-refractivity contribution in [1.29, 1.82) is 0 Å². The lowest BCUT2D eigenvalue weighted by atomic mass is 10.2. The summed E-state index contributed by atoms with van der Waals surface area (Å²) in [6.07, 6.45) is -8.33. The van der Waals surface area contributed by atoms with E-state index in [1.165, 1.54) is 18.3 Å². The summed E-state index contributed by atoms with van der Waals surface area (Å²) in [4.78, 5) is 0. The van der Waals surface area contributed by atoms with Gasteiger partial charge in [0.05, 0.1) is 11.9 Å². The van der Waals surface area contributed by atoms with Gasteiger partial charge in [-0.3, -0.25) is 5.43 Å². The van der Waals surface area contributed by atoms with Crippen molar-refractivity contribution in [2.45, 2.75) is 12.2 Å². The van der Waals surface area contributed by atoms with Gasteiger partial charge in [0, 0.05) is 5.56 Å². The summed E-state index contributed by atoms with van der Waals surface area (Å²) in [6, 6.07) is 12.7. The van der Waals surface area contributed by atoms with Gasteiger partial charge in [0.2, 0.25) is 0 Å². The minimum atomic E-state index is -4.77. The number of para-hydroxylation sites is 2. The molecule has 0 saturated heterocycles. The molecule has 1 aliphatic rings. The minimum absolute atomic E-state index is 0.0705. The second-order valence-electron chi connectivity index (χ2n) is 4.65. The predicted molar refractivity (Wildman–Crippen MR) is 75.3 cm³/mol. The van der Waals surface area contributed by atoms with Crippen molar-refractivity contribution in [3.8, 4) is 11.5 Å². The maximum atomic E-state index is 13.3. The van der Waals surface area contributed by atoms with E-state index < -0.39 is 23.7 Å². The van der Waals surface area contributed by atoms with Gasteiger partial charge in [-0.25, -0.2) is 0 Å². The predicted octanol–water partition coefficient (Wildman–Crippen LogP) is 4.09. The zero-order valence-corrected chi connectivity index (χ0v) is 11.5. The van der Waals surface area contributed by atoms with Crippen LogP contribution in [-0.4, -0.2) is 18.4 Å². The molecule has 0 fully saturated rings. The number of alkyl halides is 4. The quantitative estimate of drug-likeness (QED) is 0.525. The molecule has 2 aromatic rings. The fourth-order valence-corrected chi connectivity index (χ4v) is 1.90. The number of nitrogens with one attached hydrogen (secondary N) is 1. The smallest absolute Gasteiger partial charge is 0.421 e. The van der Waals surface area contributed by atoms with Crippen LogP contribution in [0.5, 0.6) is 11.5 Å². The average molecular weight is 326 g/mol. The van der Waals surface area contributed by atoms with Crippen molar-refractivity contribution in [3.05, 3.63) is 54.1 Å². The van der Waals surface area contributed by atoms with Gasteiger partial charge in [0.15, 0.2) is 11.5 Å². The summed E-state index contributed by atoms with van der Waals surface area (Å²) in [5.41, 5.74) is 3.41. The molecule has 3 rings (SSSR count). The van der Waals surface area contributed by atoms with Crippen molar-refractivity contribution in [2.75, 3.05) is 5.43 Å². The Morgan fingerprint density at radius 2 is 1.57 bits per heavy atom. The van der Waals surface area contributed by atoms with Crippen LogP contribution in [0.3, 0.4) is 0 Å². The number of benzene rings is 2. The van der Waals surface area contributed by atoms with E-state index in [-0.39, 0.29) is 5.56 Å². The second-order valence-corrected chi connectivity index (χ2v) is 4.65. The van der Waals surface area contributed by atoms with Crippen LogP contribution in [0.4, 0.5) is 23.2 Å². The van der Waals surface area contributed by atoms with Gasteiger partial charge in [-0.15, -0.1) is 0 Å². The van der Waals surface area contributed by atoms with Crippen molar-refractivity contribution < 1.29 is 27.0 Å². The molecule has 1 N–H and O–H groups in total. The molecule has 0 unspecified atom stereocenters. The van der Waals surface area contributed by atoms with Crippen LogP contribution >= 0.6 is 0 Å². The third kappa shape index (κ3) is 2.92. The summed E-state index contributed by atoms with van der Waals surface area (Å²) in [5, 5.41) is 3.86. The highest BCUT2D eigenvalue weighted by Gasteiger charge is 2.66. The van der Waals surface area contributed by atoms with Gasteiger partial charge >= 0.3 is 12.2 Å². The zero-order valence-electron chi connectivity index (χ0n) is 11.5. The second kappa shape index (κ2) is 5.45. The van der Waals surface area contributed by atoms with E-state index in [4.69, 9.17) is 0 Å². The molecule has 0 bridgehead atoms. The molecule has 0 amide bonds. The van der Waals surface area contributed by atoms with Gasteiger partial charge < -0.3 is 9.47 Å². The number of hydrogen-bond donors (Lipinski definition) is 1.